The van der Waals surface area contributed by atoms with Gasteiger partial charge in [-0.3, -0.25) is 9.48 Å². The number of carbonyl (C=O) groups excluding carboxylic acids is 1. The minimum absolute atomic E-state index is 0.00461. The summed E-state index contributed by atoms with van der Waals surface area (Å²) in [6.45, 7) is 8.91. The number of sulfonamides is 1. The summed E-state index contributed by atoms with van der Waals surface area (Å²) in [5.74, 6) is -0.307. The van der Waals surface area contributed by atoms with E-state index < -0.39 is 10.0 Å². The van der Waals surface area contributed by atoms with E-state index in [1.807, 2.05) is 0 Å². The van der Waals surface area contributed by atoms with E-state index >= 15 is 0 Å². The minimum atomic E-state index is -3.60. The molecule has 0 unspecified atom stereocenters. The molecule has 0 spiro atoms. The smallest absolute Gasteiger partial charge is 0.246 e. The van der Waals surface area contributed by atoms with Gasteiger partial charge in [-0.15, -0.1) is 0 Å². The van der Waals surface area contributed by atoms with Crippen molar-refractivity contribution in [1.82, 2.24) is 19.0 Å². The Kier molecular flexibility index (Phi) is 6.62. The normalized spacial score (nSPS) is 16.1. The molecule has 1 aromatic heterocycles. The van der Waals surface area contributed by atoms with Crippen LogP contribution in [0.3, 0.4) is 0 Å². The largest absolute Gasteiger partial charge is 0.324 e. The molecule has 1 saturated heterocycles. The molecular formula is C19H26ClN5O3S. The third-order valence-corrected chi connectivity index (χ3v) is 7.56. The quantitative estimate of drug-likeness (QED) is 0.744. The number of carbonyl (C=O) groups is 1. The number of nitrogens with zero attached hydrogens (tertiary/aromatic N) is 4. The SMILES string of the molecule is CCN1CCN(S(=O)(=O)c2cccc(NC(=O)Cn3nc(C)c(Cl)c3C)c2)CC1. The van der Waals surface area contributed by atoms with Crippen LogP contribution in [0.4, 0.5) is 5.69 Å². The zero-order valence-electron chi connectivity index (χ0n) is 16.9. The molecule has 29 heavy (non-hydrogen) atoms. The third-order valence-electron chi connectivity index (χ3n) is 5.12. The summed E-state index contributed by atoms with van der Waals surface area (Å²) in [4.78, 5) is 14.8. The fourth-order valence-electron chi connectivity index (χ4n) is 3.34. The first-order chi connectivity index (χ1) is 13.7. The van der Waals surface area contributed by atoms with Crippen molar-refractivity contribution in [1.29, 1.82) is 0 Å². The van der Waals surface area contributed by atoms with Gasteiger partial charge in [-0.05, 0) is 38.6 Å². The monoisotopic (exact) mass is 439 g/mol. The average molecular weight is 440 g/mol. The molecule has 0 atom stereocenters. The van der Waals surface area contributed by atoms with E-state index in [4.69, 9.17) is 11.6 Å². The van der Waals surface area contributed by atoms with Crippen LogP contribution in [0.15, 0.2) is 29.2 Å². The van der Waals surface area contributed by atoms with Crippen molar-refractivity contribution in [2.45, 2.75) is 32.2 Å². The molecule has 158 valence electrons. The van der Waals surface area contributed by atoms with Crippen LogP contribution in [0.1, 0.15) is 18.3 Å². The second-order valence-electron chi connectivity index (χ2n) is 7.06. The lowest BCUT2D eigenvalue weighted by Gasteiger charge is -2.33. The van der Waals surface area contributed by atoms with Crippen LogP contribution in [0.25, 0.3) is 0 Å². The van der Waals surface area contributed by atoms with E-state index in [1.54, 1.807) is 32.0 Å². The van der Waals surface area contributed by atoms with Gasteiger partial charge in [-0.25, -0.2) is 8.42 Å². The van der Waals surface area contributed by atoms with Crippen molar-refractivity contribution in [2.24, 2.45) is 0 Å². The van der Waals surface area contributed by atoms with Gasteiger partial charge in [0.15, 0.2) is 0 Å². The van der Waals surface area contributed by atoms with Crippen LogP contribution in [-0.2, 0) is 21.4 Å². The third kappa shape index (κ3) is 4.80. The van der Waals surface area contributed by atoms with Gasteiger partial charge in [0.1, 0.15) is 6.54 Å². The van der Waals surface area contributed by atoms with Gasteiger partial charge in [0, 0.05) is 31.9 Å². The molecule has 1 aromatic carbocycles. The van der Waals surface area contributed by atoms with Gasteiger partial charge < -0.3 is 10.2 Å². The number of aryl methyl sites for hydroxylation is 1. The van der Waals surface area contributed by atoms with Gasteiger partial charge in [0.25, 0.3) is 0 Å². The maximum atomic E-state index is 13.0. The lowest BCUT2D eigenvalue weighted by atomic mass is 10.3. The highest BCUT2D eigenvalue weighted by atomic mass is 35.5. The zero-order chi connectivity index (χ0) is 21.2. The Morgan fingerprint density at radius 2 is 1.90 bits per heavy atom. The number of anilines is 1. The predicted molar refractivity (Wildman–Crippen MR) is 113 cm³/mol. The number of hydrogen-bond acceptors (Lipinski definition) is 5. The molecule has 1 aliphatic heterocycles. The molecule has 10 heteroatoms. The molecule has 0 radical (unpaired) electrons. The van der Waals surface area contributed by atoms with Gasteiger partial charge in [0.2, 0.25) is 15.9 Å². The number of piperazine rings is 1. The van der Waals surface area contributed by atoms with Crippen molar-refractivity contribution in [3.63, 3.8) is 0 Å². The van der Waals surface area contributed by atoms with Crippen molar-refractivity contribution >= 4 is 33.2 Å². The molecule has 1 N–H and O–H groups in total. The van der Waals surface area contributed by atoms with Crippen LogP contribution in [0.2, 0.25) is 5.02 Å². The summed E-state index contributed by atoms with van der Waals surface area (Å²) in [7, 11) is -3.60. The van der Waals surface area contributed by atoms with E-state index in [2.05, 4.69) is 22.2 Å². The van der Waals surface area contributed by atoms with Crippen LogP contribution in [0, 0.1) is 13.8 Å². The Hall–Kier alpha value is -1.94. The minimum Gasteiger partial charge on any atom is -0.324 e. The number of amides is 1. The molecule has 1 aliphatic rings. The summed E-state index contributed by atoms with van der Waals surface area (Å²) in [5, 5.41) is 7.52. The number of benzene rings is 1. The van der Waals surface area contributed by atoms with E-state index in [9.17, 15) is 13.2 Å². The number of nitrogens with one attached hydrogen (secondary N) is 1. The fourth-order valence-corrected chi connectivity index (χ4v) is 4.94. The maximum absolute atomic E-state index is 13.0. The first-order valence-electron chi connectivity index (χ1n) is 9.54. The lowest BCUT2D eigenvalue weighted by molar-refractivity contribution is -0.116. The number of likely N-dealkylation sites (N-methyl/N-ethyl adjacent to an activating group) is 1. The second-order valence-corrected chi connectivity index (χ2v) is 9.37. The number of rotatable bonds is 6. The second kappa shape index (κ2) is 8.83. The molecule has 1 fully saturated rings. The molecule has 0 bridgehead atoms. The molecule has 0 saturated carbocycles. The average Bonchev–Trinajstić information content (AvgIpc) is 2.94. The van der Waals surface area contributed by atoms with Gasteiger partial charge in [0.05, 0.1) is 21.3 Å². The van der Waals surface area contributed by atoms with E-state index in [0.29, 0.717) is 35.2 Å². The lowest BCUT2D eigenvalue weighted by Crippen LogP contribution is -2.48. The van der Waals surface area contributed by atoms with Crippen molar-refractivity contribution in [3.8, 4) is 0 Å². The standard InChI is InChI=1S/C19H26ClN5O3S/c1-4-23-8-10-24(11-9-23)29(27,28)17-7-5-6-16(12-17)21-18(26)13-25-15(3)19(20)14(2)22-25/h5-7,12H,4,8-11,13H2,1-3H3,(H,21,26). The Balaban J connectivity index is 1.70. The van der Waals surface area contributed by atoms with Gasteiger partial charge in [-0.2, -0.15) is 9.40 Å². The summed E-state index contributed by atoms with van der Waals surface area (Å²) in [6.07, 6.45) is 0. The Morgan fingerprint density at radius 1 is 1.21 bits per heavy atom. The van der Waals surface area contributed by atoms with Crippen LogP contribution >= 0.6 is 11.6 Å². The van der Waals surface area contributed by atoms with Crippen LogP contribution < -0.4 is 5.32 Å². The van der Waals surface area contributed by atoms with E-state index in [1.165, 1.54) is 15.1 Å². The molecule has 2 heterocycles. The Bertz CT molecular complexity index is 997. The molecular weight excluding hydrogens is 414 g/mol. The van der Waals surface area contributed by atoms with Crippen molar-refractivity contribution < 1.29 is 13.2 Å². The molecule has 0 aliphatic carbocycles. The van der Waals surface area contributed by atoms with Crippen LogP contribution in [-0.4, -0.2) is 66.0 Å². The van der Waals surface area contributed by atoms with Gasteiger partial charge >= 0.3 is 0 Å². The number of aromatic nitrogens is 2. The highest BCUT2D eigenvalue weighted by Crippen LogP contribution is 2.22. The topological polar surface area (TPSA) is 87.5 Å². The van der Waals surface area contributed by atoms with Crippen molar-refractivity contribution in [2.75, 3.05) is 38.0 Å². The summed E-state index contributed by atoms with van der Waals surface area (Å²) in [5.41, 5.74) is 1.80. The van der Waals surface area contributed by atoms with Crippen molar-refractivity contribution in [3.05, 3.63) is 40.7 Å². The zero-order valence-corrected chi connectivity index (χ0v) is 18.4. The molecule has 1 amide bonds. The van der Waals surface area contributed by atoms with E-state index in [0.717, 1.165) is 19.6 Å². The van der Waals surface area contributed by atoms with Gasteiger partial charge in [-0.1, -0.05) is 24.6 Å². The number of halogens is 1. The number of hydrogen-bond donors (Lipinski definition) is 1. The Morgan fingerprint density at radius 3 is 2.48 bits per heavy atom. The first-order valence-corrected chi connectivity index (χ1v) is 11.4. The van der Waals surface area contributed by atoms with E-state index in [-0.39, 0.29) is 17.3 Å². The summed E-state index contributed by atoms with van der Waals surface area (Å²) in [6, 6.07) is 6.34. The summed E-state index contributed by atoms with van der Waals surface area (Å²) >= 11 is 6.12. The molecule has 2 aromatic rings. The molecule has 8 nitrogen and oxygen atoms in total. The highest BCUT2D eigenvalue weighted by Gasteiger charge is 2.28. The highest BCUT2D eigenvalue weighted by molar-refractivity contribution is 7.89. The van der Waals surface area contributed by atoms with Crippen LogP contribution in [0.5, 0.6) is 0 Å². The first kappa shape index (κ1) is 21.8. The summed E-state index contributed by atoms with van der Waals surface area (Å²) < 4.78 is 29.0. The Labute approximate surface area is 176 Å². The fraction of sp³-hybridized carbons (Fsp3) is 0.474. The molecule has 3 rings (SSSR count). The maximum Gasteiger partial charge on any atom is 0.246 e. The predicted octanol–water partition coefficient (Wildman–Crippen LogP) is 2.12.